The van der Waals surface area contributed by atoms with Gasteiger partial charge in [-0.3, -0.25) is 9.88 Å². The lowest BCUT2D eigenvalue weighted by molar-refractivity contribution is 0.196. The number of nitrogens with zero attached hydrogens (tertiary/aromatic N) is 5. The van der Waals surface area contributed by atoms with Gasteiger partial charge >= 0.3 is 0 Å². The fraction of sp³-hybridized carbons (Fsp3) is 0.500. The molecule has 0 bridgehead atoms. The van der Waals surface area contributed by atoms with Gasteiger partial charge in [0.05, 0.1) is 5.69 Å². The van der Waals surface area contributed by atoms with Gasteiger partial charge in [-0.15, -0.1) is 0 Å². The third-order valence-corrected chi connectivity index (χ3v) is 4.67. The summed E-state index contributed by atoms with van der Waals surface area (Å²) < 4.78 is 0. The van der Waals surface area contributed by atoms with E-state index in [1.165, 1.54) is 24.1 Å². The summed E-state index contributed by atoms with van der Waals surface area (Å²) in [5.41, 5.74) is 3.47. The number of likely N-dealkylation sites (tertiary alicyclic amines) is 1. The zero-order chi connectivity index (χ0) is 16.2. The van der Waals surface area contributed by atoms with E-state index in [4.69, 9.17) is 0 Å². The highest BCUT2D eigenvalue weighted by Crippen LogP contribution is 2.21. The Bertz CT molecular complexity index is 657. The molecule has 1 fully saturated rings. The molecule has 3 heterocycles. The molecule has 0 aliphatic carbocycles. The van der Waals surface area contributed by atoms with Crippen LogP contribution in [-0.4, -0.2) is 46.0 Å². The van der Waals surface area contributed by atoms with Crippen LogP contribution < -0.4 is 4.90 Å². The van der Waals surface area contributed by atoms with Gasteiger partial charge in [0, 0.05) is 44.1 Å². The first-order chi connectivity index (χ1) is 11.1. The van der Waals surface area contributed by atoms with Crippen LogP contribution in [0.3, 0.4) is 0 Å². The Kier molecular flexibility index (Phi) is 4.86. The molecule has 1 aliphatic rings. The van der Waals surface area contributed by atoms with Crippen molar-refractivity contribution >= 4 is 5.82 Å². The van der Waals surface area contributed by atoms with Gasteiger partial charge in [0.1, 0.15) is 12.1 Å². The smallest absolute Gasteiger partial charge is 0.132 e. The number of anilines is 1. The molecule has 1 atom stereocenters. The van der Waals surface area contributed by atoms with Crippen LogP contribution in [0.4, 0.5) is 5.82 Å². The van der Waals surface area contributed by atoms with Gasteiger partial charge in [0.2, 0.25) is 0 Å². The summed E-state index contributed by atoms with van der Waals surface area (Å²) in [6.07, 6.45) is 5.96. The van der Waals surface area contributed by atoms with Crippen LogP contribution in [0.15, 0.2) is 30.7 Å². The molecule has 1 aliphatic heterocycles. The molecule has 1 saturated heterocycles. The van der Waals surface area contributed by atoms with E-state index in [1.54, 1.807) is 6.33 Å². The van der Waals surface area contributed by atoms with E-state index in [9.17, 15) is 0 Å². The van der Waals surface area contributed by atoms with Crippen LogP contribution in [0, 0.1) is 13.8 Å². The van der Waals surface area contributed by atoms with Gasteiger partial charge in [-0.05, 0) is 44.9 Å². The lowest BCUT2D eigenvalue weighted by atomic mass is 10.0. The second kappa shape index (κ2) is 7.04. The molecule has 0 radical (unpaired) electrons. The highest BCUT2D eigenvalue weighted by Gasteiger charge is 2.24. The monoisotopic (exact) mass is 311 g/mol. The number of aromatic nitrogens is 3. The van der Waals surface area contributed by atoms with Gasteiger partial charge in [-0.1, -0.05) is 6.07 Å². The molecule has 2 aromatic heterocycles. The molecule has 122 valence electrons. The molecule has 1 unspecified atom stereocenters. The number of aryl methyl sites for hydroxylation is 2. The van der Waals surface area contributed by atoms with Crippen molar-refractivity contribution in [1.82, 2.24) is 19.9 Å². The quantitative estimate of drug-likeness (QED) is 0.868. The van der Waals surface area contributed by atoms with E-state index in [2.05, 4.69) is 50.9 Å². The highest BCUT2D eigenvalue weighted by atomic mass is 15.3. The van der Waals surface area contributed by atoms with Crippen molar-refractivity contribution in [3.05, 3.63) is 47.7 Å². The van der Waals surface area contributed by atoms with Crippen molar-refractivity contribution in [2.45, 2.75) is 39.3 Å². The van der Waals surface area contributed by atoms with E-state index in [0.29, 0.717) is 6.04 Å². The molecule has 0 spiro atoms. The van der Waals surface area contributed by atoms with Crippen LogP contribution in [0.1, 0.15) is 29.8 Å². The maximum Gasteiger partial charge on any atom is 0.132 e. The molecule has 5 nitrogen and oxygen atoms in total. The normalized spacial score (nSPS) is 18.8. The predicted octanol–water partition coefficient (Wildman–Crippen LogP) is 2.59. The maximum atomic E-state index is 4.54. The van der Waals surface area contributed by atoms with Crippen LogP contribution in [0.5, 0.6) is 0 Å². The molecule has 5 heteroatoms. The Hall–Kier alpha value is -2.01. The van der Waals surface area contributed by atoms with Crippen molar-refractivity contribution in [1.29, 1.82) is 0 Å². The van der Waals surface area contributed by atoms with Gasteiger partial charge in [-0.25, -0.2) is 9.97 Å². The minimum atomic E-state index is 0.488. The third-order valence-electron chi connectivity index (χ3n) is 4.67. The largest absolute Gasteiger partial charge is 0.355 e. The van der Waals surface area contributed by atoms with E-state index >= 15 is 0 Å². The summed E-state index contributed by atoms with van der Waals surface area (Å²) in [6.45, 7) is 7.27. The number of rotatable bonds is 4. The first kappa shape index (κ1) is 15.9. The summed E-state index contributed by atoms with van der Waals surface area (Å²) in [5, 5.41) is 0. The van der Waals surface area contributed by atoms with Crippen molar-refractivity contribution < 1.29 is 0 Å². The topological polar surface area (TPSA) is 45.2 Å². The molecule has 0 N–H and O–H groups in total. The number of pyridine rings is 1. The SMILES string of the molecule is Cc1cc(N(C)C2CCCN(Cc3ncccc3C)C2)ncn1. The Labute approximate surface area is 138 Å². The number of piperidine rings is 1. The molecule has 0 aromatic carbocycles. The Morgan fingerprint density at radius 3 is 2.91 bits per heavy atom. The minimum absolute atomic E-state index is 0.488. The van der Waals surface area contributed by atoms with Gasteiger partial charge in [-0.2, -0.15) is 0 Å². The van der Waals surface area contributed by atoms with Crippen LogP contribution >= 0.6 is 0 Å². The summed E-state index contributed by atoms with van der Waals surface area (Å²) in [5.74, 6) is 1.01. The second-order valence-corrected chi connectivity index (χ2v) is 6.43. The lowest BCUT2D eigenvalue weighted by Gasteiger charge is -2.38. The van der Waals surface area contributed by atoms with E-state index in [1.807, 2.05) is 19.2 Å². The number of hydrogen-bond acceptors (Lipinski definition) is 5. The Morgan fingerprint density at radius 1 is 1.26 bits per heavy atom. The molecule has 3 rings (SSSR count). The predicted molar refractivity (Wildman–Crippen MR) is 92.4 cm³/mol. The fourth-order valence-electron chi connectivity index (χ4n) is 3.21. The third kappa shape index (κ3) is 3.85. The second-order valence-electron chi connectivity index (χ2n) is 6.43. The number of hydrogen-bond donors (Lipinski definition) is 0. The van der Waals surface area contributed by atoms with Gasteiger partial charge in [0.15, 0.2) is 0 Å². The van der Waals surface area contributed by atoms with E-state index < -0.39 is 0 Å². The lowest BCUT2D eigenvalue weighted by Crippen LogP contribution is -2.46. The minimum Gasteiger partial charge on any atom is -0.355 e. The molecule has 23 heavy (non-hydrogen) atoms. The first-order valence-electron chi connectivity index (χ1n) is 8.28. The van der Waals surface area contributed by atoms with E-state index in [-0.39, 0.29) is 0 Å². The van der Waals surface area contributed by atoms with Gasteiger partial charge < -0.3 is 4.90 Å². The van der Waals surface area contributed by atoms with E-state index in [0.717, 1.165) is 31.1 Å². The summed E-state index contributed by atoms with van der Waals surface area (Å²) in [6, 6.07) is 6.69. The molecule has 2 aromatic rings. The molecular formula is C18H25N5. The molecule has 0 amide bonds. The zero-order valence-electron chi connectivity index (χ0n) is 14.2. The molecular weight excluding hydrogens is 286 g/mol. The van der Waals surface area contributed by atoms with Crippen LogP contribution in [-0.2, 0) is 6.54 Å². The summed E-state index contributed by atoms with van der Waals surface area (Å²) in [4.78, 5) is 18.0. The Morgan fingerprint density at radius 2 is 2.13 bits per heavy atom. The van der Waals surface area contributed by atoms with Crippen LogP contribution in [0.25, 0.3) is 0 Å². The fourth-order valence-corrected chi connectivity index (χ4v) is 3.21. The van der Waals surface area contributed by atoms with Crippen LogP contribution in [0.2, 0.25) is 0 Å². The first-order valence-corrected chi connectivity index (χ1v) is 8.28. The highest BCUT2D eigenvalue weighted by molar-refractivity contribution is 5.39. The Balaban J connectivity index is 1.67. The van der Waals surface area contributed by atoms with Crippen molar-refractivity contribution in [2.75, 3.05) is 25.0 Å². The summed E-state index contributed by atoms with van der Waals surface area (Å²) >= 11 is 0. The standard InChI is InChI=1S/C18H25N5/c1-14-6-4-8-19-17(14)12-23-9-5-7-16(11-23)22(3)18-10-15(2)20-13-21-18/h4,6,8,10,13,16H,5,7,9,11-12H2,1-3H3. The average Bonchev–Trinajstić information content (AvgIpc) is 2.56. The van der Waals surface area contributed by atoms with Crippen molar-refractivity contribution in [2.24, 2.45) is 0 Å². The summed E-state index contributed by atoms with van der Waals surface area (Å²) in [7, 11) is 2.14. The number of likely N-dealkylation sites (N-methyl/N-ethyl adjacent to an activating group) is 1. The average molecular weight is 311 g/mol. The van der Waals surface area contributed by atoms with Gasteiger partial charge in [0.25, 0.3) is 0 Å². The van der Waals surface area contributed by atoms with Crippen molar-refractivity contribution in [3.8, 4) is 0 Å². The molecule has 0 saturated carbocycles. The van der Waals surface area contributed by atoms with Crippen molar-refractivity contribution in [3.63, 3.8) is 0 Å². The zero-order valence-corrected chi connectivity index (χ0v) is 14.2. The maximum absolute atomic E-state index is 4.54.